The second-order valence-corrected chi connectivity index (χ2v) is 8.87. The fourth-order valence-corrected chi connectivity index (χ4v) is 4.33. The highest BCUT2D eigenvalue weighted by molar-refractivity contribution is 7.09. The molecule has 0 bridgehead atoms. The molecule has 1 N–H and O–H groups in total. The van der Waals surface area contributed by atoms with Gasteiger partial charge in [0.25, 0.3) is 0 Å². The highest BCUT2D eigenvalue weighted by Crippen LogP contribution is 2.24. The maximum atomic E-state index is 4.78. The molecular formula is C22H28N6S. The highest BCUT2D eigenvalue weighted by Gasteiger charge is 2.20. The van der Waals surface area contributed by atoms with Crippen LogP contribution in [-0.2, 0) is 6.54 Å². The van der Waals surface area contributed by atoms with E-state index < -0.39 is 0 Å². The molecule has 0 aromatic carbocycles. The predicted molar refractivity (Wildman–Crippen MR) is 118 cm³/mol. The van der Waals surface area contributed by atoms with Crippen LogP contribution in [0.2, 0.25) is 0 Å². The summed E-state index contributed by atoms with van der Waals surface area (Å²) in [5.41, 5.74) is 4.28. The number of anilines is 1. The average molecular weight is 409 g/mol. The molecule has 0 unspecified atom stereocenters. The third-order valence-electron chi connectivity index (χ3n) is 5.63. The van der Waals surface area contributed by atoms with E-state index in [0.29, 0.717) is 5.92 Å². The van der Waals surface area contributed by atoms with Gasteiger partial charge in [-0.1, -0.05) is 0 Å². The summed E-state index contributed by atoms with van der Waals surface area (Å²) in [6, 6.07) is 3.92. The molecule has 6 nitrogen and oxygen atoms in total. The van der Waals surface area contributed by atoms with Crippen molar-refractivity contribution in [3.05, 3.63) is 51.9 Å². The number of pyridine rings is 1. The summed E-state index contributed by atoms with van der Waals surface area (Å²) < 4.78 is 0. The lowest BCUT2D eigenvalue weighted by molar-refractivity contribution is 0.181. The van der Waals surface area contributed by atoms with Crippen LogP contribution in [0.5, 0.6) is 0 Å². The van der Waals surface area contributed by atoms with Crippen molar-refractivity contribution in [2.24, 2.45) is 5.92 Å². The summed E-state index contributed by atoms with van der Waals surface area (Å²) in [6.45, 7) is 10.4. The van der Waals surface area contributed by atoms with Gasteiger partial charge in [0.05, 0.1) is 10.7 Å². The number of hydrogen-bond donors (Lipinski definition) is 1. The van der Waals surface area contributed by atoms with Crippen LogP contribution in [-0.4, -0.2) is 44.5 Å². The van der Waals surface area contributed by atoms with Crippen LogP contribution in [0.1, 0.15) is 34.8 Å². The molecule has 3 aromatic rings. The summed E-state index contributed by atoms with van der Waals surface area (Å²) in [4.78, 5) is 20.7. The minimum absolute atomic E-state index is 0.667. The van der Waals surface area contributed by atoms with Crippen molar-refractivity contribution < 1.29 is 0 Å². The van der Waals surface area contributed by atoms with Gasteiger partial charge >= 0.3 is 0 Å². The Morgan fingerprint density at radius 2 is 1.97 bits per heavy atom. The molecule has 4 heterocycles. The summed E-state index contributed by atoms with van der Waals surface area (Å²) >= 11 is 1.74. The number of rotatable bonds is 6. The monoisotopic (exact) mass is 408 g/mol. The second kappa shape index (κ2) is 8.97. The van der Waals surface area contributed by atoms with Crippen molar-refractivity contribution in [3.8, 4) is 11.4 Å². The predicted octanol–water partition coefficient (Wildman–Crippen LogP) is 4.24. The molecule has 0 amide bonds. The van der Waals surface area contributed by atoms with E-state index in [1.165, 1.54) is 18.5 Å². The van der Waals surface area contributed by atoms with Crippen LogP contribution in [0.15, 0.2) is 29.9 Å². The Balaban J connectivity index is 1.34. The van der Waals surface area contributed by atoms with E-state index in [4.69, 9.17) is 4.98 Å². The van der Waals surface area contributed by atoms with Crippen molar-refractivity contribution in [1.29, 1.82) is 0 Å². The van der Waals surface area contributed by atoms with Crippen LogP contribution >= 0.6 is 11.3 Å². The standard InChI is InChI=1S/C22H28N6S/c1-15-16(2)25-22(19-5-4-8-23-12-19)27-21(15)24-11-18-6-9-28(10-7-18)13-20-14-29-17(3)26-20/h4-5,8,12,14,18H,6-7,9-11,13H2,1-3H3,(H,24,25,27). The summed E-state index contributed by atoms with van der Waals surface area (Å²) in [5, 5.41) is 6.94. The van der Waals surface area contributed by atoms with E-state index in [9.17, 15) is 0 Å². The lowest BCUT2D eigenvalue weighted by atomic mass is 9.96. The zero-order valence-corrected chi connectivity index (χ0v) is 18.2. The van der Waals surface area contributed by atoms with Crippen LogP contribution in [0.25, 0.3) is 11.4 Å². The van der Waals surface area contributed by atoms with Gasteiger partial charge in [-0.3, -0.25) is 9.88 Å². The zero-order valence-electron chi connectivity index (χ0n) is 17.4. The molecule has 1 aliphatic rings. The SMILES string of the molecule is Cc1nc(CN2CCC(CNc3nc(-c4cccnc4)nc(C)c3C)CC2)cs1. The van der Waals surface area contributed by atoms with E-state index in [2.05, 4.69) is 44.4 Å². The largest absolute Gasteiger partial charge is 0.369 e. The van der Waals surface area contributed by atoms with E-state index in [1.807, 2.05) is 25.3 Å². The summed E-state index contributed by atoms with van der Waals surface area (Å²) in [7, 11) is 0. The van der Waals surface area contributed by atoms with Gasteiger partial charge in [0.1, 0.15) is 5.82 Å². The molecule has 7 heteroatoms. The van der Waals surface area contributed by atoms with Crippen molar-refractivity contribution >= 4 is 17.2 Å². The highest BCUT2D eigenvalue weighted by atomic mass is 32.1. The molecule has 1 fully saturated rings. The zero-order chi connectivity index (χ0) is 20.2. The van der Waals surface area contributed by atoms with Gasteiger partial charge in [-0.15, -0.1) is 11.3 Å². The van der Waals surface area contributed by atoms with Crippen molar-refractivity contribution in [2.75, 3.05) is 25.0 Å². The fraction of sp³-hybridized carbons (Fsp3) is 0.455. The van der Waals surface area contributed by atoms with Crippen LogP contribution in [0.4, 0.5) is 5.82 Å². The fourth-order valence-electron chi connectivity index (χ4n) is 3.72. The normalized spacial score (nSPS) is 15.6. The average Bonchev–Trinajstić information content (AvgIpc) is 3.15. The number of thiazole rings is 1. The molecule has 4 rings (SSSR count). The molecule has 0 aliphatic carbocycles. The molecule has 1 saturated heterocycles. The second-order valence-electron chi connectivity index (χ2n) is 7.81. The van der Waals surface area contributed by atoms with Gasteiger partial charge in [0, 0.05) is 47.7 Å². The number of aryl methyl sites for hydroxylation is 2. The number of hydrogen-bond acceptors (Lipinski definition) is 7. The summed E-state index contributed by atoms with van der Waals surface area (Å²) in [5.74, 6) is 2.34. The Bertz CT molecular complexity index is 947. The maximum Gasteiger partial charge on any atom is 0.163 e. The third kappa shape index (κ3) is 4.97. The van der Waals surface area contributed by atoms with E-state index in [-0.39, 0.29) is 0 Å². The van der Waals surface area contributed by atoms with Gasteiger partial charge in [0.2, 0.25) is 0 Å². The maximum absolute atomic E-state index is 4.78. The van der Waals surface area contributed by atoms with Crippen LogP contribution in [0.3, 0.4) is 0 Å². The minimum atomic E-state index is 0.667. The summed E-state index contributed by atoms with van der Waals surface area (Å²) in [6.07, 6.45) is 5.99. The molecule has 29 heavy (non-hydrogen) atoms. The van der Waals surface area contributed by atoms with E-state index in [1.54, 1.807) is 17.5 Å². The number of nitrogens with one attached hydrogen (secondary N) is 1. The van der Waals surface area contributed by atoms with Crippen molar-refractivity contribution in [3.63, 3.8) is 0 Å². The van der Waals surface area contributed by atoms with Gasteiger partial charge in [-0.25, -0.2) is 15.0 Å². The lowest BCUT2D eigenvalue weighted by Gasteiger charge is -2.31. The van der Waals surface area contributed by atoms with Crippen LogP contribution < -0.4 is 5.32 Å². The van der Waals surface area contributed by atoms with Crippen molar-refractivity contribution in [2.45, 2.75) is 40.2 Å². The van der Waals surface area contributed by atoms with Gasteiger partial charge in [0.15, 0.2) is 5.82 Å². The molecule has 3 aromatic heterocycles. The Morgan fingerprint density at radius 1 is 1.14 bits per heavy atom. The van der Waals surface area contributed by atoms with Gasteiger partial charge in [-0.05, 0) is 64.8 Å². The number of nitrogens with zero attached hydrogens (tertiary/aromatic N) is 5. The Kier molecular flexibility index (Phi) is 6.16. The lowest BCUT2D eigenvalue weighted by Crippen LogP contribution is -2.35. The first-order chi connectivity index (χ1) is 14.1. The Labute approximate surface area is 176 Å². The van der Waals surface area contributed by atoms with Crippen LogP contribution in [0, 0.1) is 26.7 Å². The molecule has 0 saturated carbocycles. The number of piperidine rings is 1. The minimum Gasteiger partial charge on any atom is -0.369 e. The number of aromatic nitrogens is 4. The topological polar surface area (TPSA) is 66.8 Å². The first kappa shape index (κ1) is 19.9. The Hall–Kier alpha value is -2.38. The van der Waals surface area contributed by atoms with E-state index >= 15 is 0 Å². The van der Waals surface area contributed by atoms with Crippen molar-refractivity contribution in [1.82, 2.24) is 24.8 Å². The quantitative estimate of drug-likeness (QED) is 0.658. The first-order valence-corrected chi connectivity index (χ1v) is 11.1. The molecule has 0 spiro atoms. The number of likely N-dealkylation sites (tertiary alicyclic amines) is 1. The van der Waals surface area contributed by atoms with E-state index in [0.717, 1.165) is 59.6 Å². The Morgan fingerprint density at radius 3 is 2.66 bits per heavy atom. The molecule has 152 valence electrons. The molecule has 1 aliphatic heterocycles. The molecule has 0 atom stereocenters. The van der Waals surface area contributed by atoms with Gasteiger partial charge in [-0.2, -0.15) is 0 Å². The molecule has 0 radical (unpaired) electrons. The smallest absolute Gasteiger partial charge is 0.163 e. The van der Waals surface area contributed by atoms with Gasteiger partial charge < -0.3 is 5.32 Å². The molecular weight excluding hydrogens is 380 g/mol. The first-order valence-electron chi connectivity index (χ1n) is 10.2. The third-order valence-corrected chi connectivity index (χ3v) is 6.45.